The second kappa shape index (κ2) is 8.20. The van der Waals surface area contributed by atoms with Crippen LogP contribution in [-0.2, 0) is 0 Å². The molecule has 0 aliphatic carbocycles. The minimum absolute atomic E-state index is 0.0205. The van der Waals surface area contributed by atoms with Crippen LogP contribution in [0.4, 0.5) is 5.69 Å². The number of hydrogen-bond donors (Lipinski definition) is 0. The molecule has 0 bridgehead atoms. The Morgan fingerprint density at radius 1 is 1.12 bits per heavy atom. The van der Waals surface area contributed by atoms with E-state index in [-0.39, 0.29) is 28.3 Å². The van der Waals surface area contributed by atoms with Crippen LogP contribution >= 0.6 is 0 Å². The van der Waals surface area contributed by atoms with Gasteiger partial charge in [0, 0.05) is 18.7 Å². The number of nitro benzene ring substituents is 1. The molecular formula is C24H25N3O5. The third kappa shape index (κ3) is 3.67. The average molecular weight is 435 g/mol. The Morgan fingerprint density at radius 2 is 1.84 bits per heavy atom. The van der Waals surface area contributed by atoms with Crippen molar-refractivity contribution < 1.29 is 14.1 Å². The highest BCUT2D eigenvalue weighted by Gasteiger charge is 2.42. The molecule has 0 fully saturated rings. The molecule has 8 heteroatoms. The van der Waals surface area contributed by atoms with Crippen molar-refractivity contribution in [3.05, 3.63) is 84.7 Å². The standard InChI is InChI=1S/C24H25N3O5/c1-14-11-18-19(12-15(14)2)32-23-20(22(18)28)21(16-7-5-8-17(13-16)27(30)31)26(24(23)29)10-6-9-25(3)4/h5,7-8,11-13,21H,6,9-10H2,1-4H3/t21-/m1/s1. The third-order valence-corrected chi connectivity index (χ3v) is 5.98. The molecule has 2 aromatic carbocycles. The lowest BCUT2D eigenvalue weighted by atomic mass is 9.97. The largest absolute Gasteiger partial charge is 0.450 e. The smallest absolute Gasteiger partial charge is 0.290 e. The van der Waals surface area contributed by atoms with Gasteiger partial charge in [-0.3, -0.25) is 19.7 Å². The van der Waals surface area contributed by atoms with E-state index in [1.54, 1.807) is 29.2 Å². The van der Waals surface area contributed by atoms with Crippen LogP contribution < -0.4 is 5.43 Å². The lowest BCUT2D eigenvalue weighted by Gasteiger charge is -2.25. The molecule has 0 radical (unpaired) electrons. The van der Waals surface area contributed by atoms with Crippen LogP contribution in [0.1, 0.15) is 45.3 Å². The first kappa shape index (κ1) is 21.7. The number of carbonyl (C=O) groups is 1. The van der Waals surface area contributed by atoms with Gasteiger partial charge < -0.3 is 14.2 Å². The lowest BCUT2D eigenvalue weighted by Crippen LogP contribution is -2.32. The van der Waals surface area contributed by atoms with Crippen LogP contribution in [0.2, 0.25) is 0 Å². The average Bonchev–Trinajstić information content (AvgIpc) is 3.02. The predicted octanol–water partition coefficient (Wildman–Crippen LogP) is 3.81. The first-order chi connectivity index (χ1) is 15.2. The number of nitro groups is 1. The Hall–Kier alpha value is -3.52. The van der Waals surface area contributed by atoms with Crippen LogP contribution in [0.3, 0.4) is 0 Å². The van der Waals surface area contributed by atoms with Gasteiger partial charge in [0.1, 0.15) is 5.58 Å². The van der Waals surface area contributed by atoms with Crippen molar-refractivity contribution in [3.63, 3.8) is 0 Å². The predicted molar refractivity (Wildman–Crippen MR) is 121 cm³/mol. The second-order valence-corrected chi connectivity index (χ2v) is 8.52. The molecule has 1 aromatic heterocycles. The van der Waals surface area contributed by atoms with E-state index >= 15 is 0 Å². The van der Waals surface area contributed by atoms with Crippen molar-refractivity contribution in [2.75, 3.05) is 27.2 Å². The summed E-state index contributed by atoms with van der Waals surface area (Å²) in [5.74, 6) is -0.348. The summed E-state index contributed by atoms with van der Waals surface area (Å²) in [5.41, 5.74) is 2.69. The molecular weight excluding hydrogens is 410 g/mol. The minimum Gasteiger partial charge on any atom is -0.450 e. The van der Waals surface area contributed by atoms with Crippen LogP contribution in [-0.4, -0.2) is 47.8 Å². The fraction of sp³-hybridized carbons (Fsp3) is 0.333. The summed E-state index contributed by atoms with van der Waals surface area (Å²) in [4.78, 5) is 41.4. The number of rotatable bonds is 6. The molecule has 0 saturated heterocycles. The molecule has 32 heavy (non-hydrogen) atoms. The first-order valence-electron chi connectivity index (χ1n) is 10.5. The summed E-state index contributed by atoms with van der Waals surface area (Å²) < 4.78 is 5.98. The number of fused-ring (bicyclic) bond motifs is 2. The van der Waals surface area contributed by atoms with Gasteiger partial charge in [0.2, 0.25) is 5.76 Å². The molecule has 0 spiro atoms. The Bertz CT molecular complexity index is 1290. The fourth-order valence-corrected chi connectivity index (χ4v) is 4.22. The Labute approximate surface area is 185 Å². The van der Waals surface area contributed by atoms with Crippen molar-refractivity contribution in [1.82, 2.24) is 9.80 Å². The van der Waals surface area contributed by atoms with E-state index in [0.29, 0.717) is 29.5 Å². The van der Waals surface area contributed by atoms with Crippen molar-refractivity contribution in [2.45, 2.75) is 26.3 Å². The number of benzene rings is 2. The molecule has 3 aromatic rings. The molecule has 1 aliphatic heterocycles. The maximum absolute atomic E-state index is 13.6. The summed E-state index contributed by atoms with van der Waals surface area (Å²) in [6.07, 6.45) is 0.685. The molecule has 0 saturated carbocycles. The number of carbonyl (C=O) groups excluding carboxylic acids is 1. The van der Waals surface area contributed by atoms with Crippen molar-refractivity contribution >= 4 is 22.6 Å². The number of nitrogens with zero attached hydrogens (tertiary/aromatic N) is 3. The molecule has 2 heterocycles. The summed E-state index contributed by atoms with van der Waals surface area (Å²) in [5, 5.41) is 11.8. The van der Waals surface area contributed by atoms with E-state index in [2.05, 4.69) is 0 Å². The second-order valence-electron chi connectivity index (χ2n) is 8.52. The monoisotopic (exact) mass is 435 g/mol. The van der Waals surface area contributed by atoms with E-state index in [4.69, 9.17) is 4.42 Å². The fourth-order valence-electron chi connectivity index (χ4n) is 4.22. The highest BCUT2D eigenvalue weighted by molar-refractivity contribution is 5.99. The van der Waals surface area contributed by atoms with E-state index in [1.165, 1.54) is 12.1 Å². The van der Waals surface area contributed by atoms with Gasteiger partial charge in [-0.2, -0.15) is 0 Å². The zero-order valence-electron chi connectivity index (χ0n) is 18.5. The third-order valence-electron chi connectivity index (χ3n) is 5.98. The lowest BCUT2D eigenvalue weighted by molar-refractivity contribution is -0.384. The molecule has 1 atom stereocenters. The molecule has 166 valence electrons. The first-order valence-corrected chi connectivity index (χ1v) is 10.5. The van der Waals surface area contributed by atoms with Gasteiger partial charge in [-0.1, -0.05) is 12.1 Å². The number of non-ortho nitro benzene ring substituents is 1. The molecule has 0 N–H and O–H groups in total. The SMILES string of the molecule is Cc1cc2oc3c(c(=O)c2cc1C)[C@@H](c1cccc([N+](=O)[O-])c1)N(CCCN(C)C)C3=O. The van der Waals surface area contributed by atoms with E-state index in [9.17, 15) is 19.7 Å². The Kier molecular flexibility index (Phi) is 5.56. The molecule has 1 aliphatic rings. The van der Waals surface area contributed by atoms with Crippen LogP contribution in [0.5, 0.6) is 0 Å². The summed E-state index contributed by atoms with van der Waals surface area (Å²) in [7, 11) is 3.89. The summed E-state index contributed by atoms with van der Waals surface area (Å²) in [6, 6.07) is 8.93. The van der Waals surface area contributed by atoms with Gasteiger partial charge in [-0.25, -0.2) is 0 Å². The van der Waals surface area contributed by atoms with Gasteiger partial charge in [-0.05, 0) is 69.7 Å². The Balaban J connectivity index is 1.92. The van der Waals surface area contributed by atoms with Gasteiger partial charge in [0.05, 0.1) is 21.9 Å². The summed E-state index contributed by atoms with van der Waals surface area (Å²) in [6.45, 7) is 4.98. The van der Waals surface area contributed by atoms with Gasteiger partial charge in [0.25, 0.3) is 11.6 Å². The van der Waals surface area contributed by atoms with E-state index < -0.39 is 11.0 Å². The number of aryl methyl sites for hydroxylation is 2. The van der Waals surface area contributed by atoms with Crippen LogP contribution in [0, 0.1) is 24.0 Å². The quantitative estimate of drug-likeness (QED) is 0.431. The van der Waals surface area contributed by atoms with E-state index in [1.807, 2.05) is 32.8 Å². The summed E-state index contributed by atoms with van der Waals surface area (Å²) >= 11 is 0. The van der Waals surface area contributed by atoms with Gasteiger partial charge >= 0.3 is 0 Å². The van der Waals surface area contributed by atoms with Crippen molar-refractivity contribution in [2.24, 2.45) is 0 Å². The normalized spacial score (nSPS) is 15.6. The Morgan fingerprint density at radius 3 is 2.53 bits per heavy atom. The van der Waals surface area contributed by atoms with Gasteiger partial charge in [0.15, 0.2) is 5.43 Å². The molecule has 4 rings (SSSR count). The topological polar surface area (TPSA) is 96.9 Å². The highest BCUT2D eigenvalue weighted by atomic mass is 16.6. The number of amides is 1. The maximum atomic E-state index is 13.6. The van der Waals surface area contributed by atoms with Crippen LogP contribution in [0.25, 0.3) is 11.0 Å². The van der Waals surface area contributed by atoms with Crippen molar-refractivity contribution in [1.29, 1.82) is 0 Å². The zero-order valence-corrected chi connectivity index (χ0v) is 18.5. The van der Waals surface area contributed by atoms with Gasteiger partial charge in [-0.15, -0.1) is 0 Å². The zero-order chi connectivity index (χ0) is 23.2. The molecule has 0 unspecified atom stereocenters. The number of hydrogen-bond acceptors (Lipinski definition) is 6. The maximum Gasteiger partial charge on any atom is 0.290 e. The van der Waals surface area contributed by atoms with Crippen LogP contribution in [0.15, 0.2) is 45.6 Å². The highest BCUT2D eigenvalue weighted by Crippen LogP contribution is 2.39. The molecule has 1 amide bonds. The van der Waals surface area contributed by atoms with Crippen molar-refractivity contribution in [3.8, 4) is 0 Å². The molecule has 8 nitrogen and oxygen atoms in total. The minimum atomic E-state index is -0.734. The van der Waals surface area contributed by atoms with E-state index in [0.717, 1.165) is 17.7 Å².